The van der Waals surface area contributed by atoms with Gasteiger partial charge in [-0.3, -0.25) is 4.79 Å². The van der Waals surface area contributed by atoms with Gasteiger partial charge < -0.3 is 15.0 Å². The van der Waals surface area contributed by atoms with Crippen LogP contribution in [-0.4, -0.2) is 23.5 Å². The lowest BCUT2D eigenvalue weighted by atomic mass is 10.1. The summed E-state index contributed by atoms with van der Waals surface area (Å²) in [6.45, 7) is 2.04. The predicted molar refractivity (Wildman–Crippen MR) is 75.5 cm³/mol. The number of carbonyl (C=O) groups excluding carboxylic acids is 2. The van der Waals surface area contributed by atoms with Gasteiger partial charge in [0.1, 0.15) is 0 Å². The number of amides is 1. The lowest BCUT2D eigenvalue weighted by Crippen LogP contribution is -2.17. The molecule has 20 heavy (non-hydrogen) atoms. The molecule has 1 aromatic heterocycles. The molecule has 5 nitrogen and oxygen atoms in total. The zero-order chi connectivity index (χ0) is 14.4. The van der Waals surface area contributed by atoms with Crippen LogP contribution in [0.4, 0.5) is 5.69 Å². The molecule has 0 aliphatic rings. The summed E-state index contributed by atoms with van der Waals surface area (Å²) < 4.78 is 4.96. The van der Waals surface area contributed by atoms with Crippen molar-refractivity contribution in [1.29, 1.82) is 0 Å². The van der Waals surface area contributed by atoms with Gasteiger partial charge in [-0.05, 0) is 30.7 Å². The fourth-order valence-electron chi connectivity index (χ4n) is 1.83. The van der Waals surface area contributed by atoms with Gasteiger partial charge in [0.15, 0.2) is 0 Å². The molecule has 5 heteroatoms. The summed E-state index contributed by atoms with van der Waals surface area (Å²) in [7, 11) is 0. The van der Waals surface area contributed by atoms with Crippen molar-refractivity contribution < 1.29 is 14.3 Å². The summed E-state index contributed by atoms with van der Waals surface area (Å²) in [6.07, 6.45) is 3.77. The average Bonchev–Trinajstić information content (AvgIpc) is 2.92. The number of aromatic nitrogens is 1. The first-order valence-electron chi connectivity index (χ1n) is 6.38. The van der Waals surface area contributed by atoms with E-state index in [-0.39, 0.29) is 12.3 Å². The Morgan fingerprint density at radius 1 is 1.25 bits per heavy atom. The molecule has 0 atom stereocenters. The highest BCUT2D eigenvalue weighted by Crippen LogP contribution is 2.16. The largest absolute Gasteiger partial charge is 0.462 e. The number of nitrogens with one attached hydrogen (secondary N) is 2. The fraction of sp³-hybridized carbons (Fsp3) is 0.200. The van der Waals surface area contributed by atoms with E-state index >= 15 is 0 Å². The lowest BCUT2D eigenvalue weighted by Gasteiger charge is -2.09. The number of hydrogen-bond acceptors (Lipinski definition) is 3. The van der Waals surface area contributed by atoms with Gasteiger partial charge in [-0.1, -0.05) is 12.1 Å². The second-order valence-electron chi connectivity index (χ2n) is 4.21. The molecule has 2 aromatic rings. The number of rotatable bonds is 5. The molecule has 0 spiro atoms. The molecule has 0 unspecified atom stereocenters. The van der Waals surface area contributed by atoms with Crippen LogP contribution in [0.15, 0.2) is 42.7 Å². The summed E-state index contributed by atoms with van der Waals surface area (Å²) in [5.74, 6) is -0.619. The zero-order valence-corrected chi connectivity index (χ0v) is 11.2. The number of aromatic amines is 1. The van der Waals surface area contributed by atoms with Gasteiger partial charge in [-0.15, -0.1) is 0 Å². The molecular formula is C15H16N2O3. The van der Waals surface area contributed by atoms with E-state index in [2.05, 4.69) is 10.3 Å². The van der Waals surface area contributed by atoms with Gasteiger partial charge in [0, 0.05) is 12.4 Å². The van der Waals surface area contributed by atoms with E-state index in [0.29, 0.717) is 17.9 Å². The maximum Gasteiger partial charge on any atom is 0.340 e. The molecule has 0 saturated carbocycles. The Balaban J connectivity index is 2.09. The van der Waals surface area contributed by atoms with Crippen molar-refractivity contribution in [2.75, 3.05) is 11.9 Å². The van der Waals surface area contributed by atoms with E-state index in [4.69, 9.17) is 4.74 Å². The number of esters is 1. The molecule has 0 aliphatic carbocycles. The summed E-state index contributed by atoms with van der Waals surface area (Å²) in [5.41, 5.74) is 1.71. The lowest BCUT2D eigenvalue weighted by molar-refractivity contribution is -0.115. The van der Waals surface area contributed by atoms with E-state index in [0.717, 1.165) is 5.56 Å². The molecule has 2 N–H and O–H groups in total. The van der Waals surface area contributed by atoms with E-state index < -0.39 is 5.97 Å². The third-order valence-electron chi connectivity index (χ3n) is 2.72. The average molecular weight is 272 g/mol. The summed E-state index contributed by atoms with van der Waals surface area (Å²) in [4.78, 5) is 26.6. The highest BCUT2D eigenvalue weighted by molar-refractivity contribution is 6.01. The zero-order valence-electron chi connectivity index (χ0n) is 11.2. The Morgan fingerprint density at radius 2 is 2.05 bits per heavy atom. The predicted octanol–water partition coefficient (Wildman–Crippen LogP) is 2.37. The quantitative estimate of drug-likeness (QED) is 0.821. The molecule has 0 fully saturated rings. The first-order valence-corrected chi connectivity index (χ1v) is 6.38. The number of H-pyrrole nitrogens is 1. The minimum absolute atomic E-state index is 0.179. The fourth-order valence-corrected chi connectivity index (χ4v) is 1.83. The molecule has 0 aliphatic heterocycles. The van der Waals surface area contributed by atoms with Crippen LogP contribution in [0.3, 0.4) is 0 Å². The minimum atomic E-state index is -0.440. The van der Waals surface area contributed by atoms with Crippen molar-refractivity contribution in [1.82, 2.24) is 4.98 Å². The topological polar surface area (TPSA) is 71.2 Å². The number of para-hydroxylation sites is 1. The van der Waals surface area contributed by atoms with Crippen molar-refractivity contribution in [2.45, 2.75) is 13.3 Å². The number of ether oxygens (including phenoxy) is 1. The van der Waals surface area contributed by atoms with Crippen LogP contribution in [0.5, 0.6) is 0 Å². The van der Waals surface area contributed by atoms with Gasteiger partial charge in [-0.2, -0.15) is 0 Å². The smallest absolute Gasteiger partial charge is 0.340 e. The standard InChI is InChI=1S/C15H16N2O3/c1-2-20-15(19)12-5-3-4-6-13(12)17-14(18)9-11-7-8-16-10-11/h3-8,10,16H,2,9H2,1H3,(H,17,18). The van der Waals surface area contributed by atoms with Crippen molar-refractivity contribution in [2.24, 2.45) is 0 Å². The third kappa shape index (κ3) is 3.47. The third-order valence-corrected chi connectivity index (χ3v) is 2.72. The Bertz CT molecular complexity index is 591. The highest BCUT2D eigenvalue weighted by Gasteiger charge is 2.14. The van der Waals surface area contributed by atoms with Gasteiger partial charge >= 0.3 is 5.97 Å². The van der Waals surface area contributed by atoms with E-state index in [1.807, 2.05) is 6.07 Å². The van der Waals surface area contributed by atoms with Crippen molar-refractivity contribution in [3.8, 4) is 0 Å². The molecule has 1 amide bonds. The van der Waals surface area contributed by atoms with Crippen LogP contribution >= 0.6 is 0 Å². The number of carbonyl (C=O) groups is 2. The molecule has 0 bridgehead atoms. The maximum atomic E-state index is 11.9. The van der Waals surface area contributed by atoms with E-state index in [1.165, 1.54) is 0 Å². The molecule has 0 radical (unpaired) electrons. The molecule has 104 valence electrons. The summed E-state index contributed by atoms with van der Waals surface area (Å²) in [5, 5.41) is 2.73. The second kappa shape index (κ2) is 6.56. The van der Waals surface area contributed by atoms with Crippen LogP contribution in [0.25, 0.3) is 0 Å². The van der Waals surface area contributed by atoms with Gasteiger partial charge in [0.2, 0.25) is 5.91 Å². The van der Waals surface area contributed by atoms with Gasteiger partial charge in [0.05, 0.1) is 24.3 Å². The number of hydrogen-bond donors (Lipinski definition) is 2. The van der Waals surface area contributed by atoms with Crippen LogP contribution in [-0.2, 0) is 16.0 Å². The van der Waals surface area contributed by atoms with Gasteiger partial charge in [0.25, 0.3) is 0 Å². The molecule has 0 saturated heterocycles. The summed E-state index contributed by atoms with van der Waals surface area (Å²) >= 11 is 0. The first kappa shape index (κ1) is 13.9. The van der Waals surface area contributed by atoms with Crippen LogP contribution in [0.1, 0.15) is 22.8 Å². The van der Waals surface area contributed by atoms with E-state index in [9.17, 15) is 9.59 Å². The molecule has 1 heterocycles. The molecule has 2 rings (SSSR count). The number of anilines is 1. The van der Waals surface area contributed by atoms with Crippen molar-refractivity contribution in [3.05, 3.63) is 53.9 Å². The van der Waals surface area contributed by atoms with Crippen LogP contribution in [0, 0.1) is 0 Å². The Labute approximate surface area is 117 Å². The van der Waals surface area contributed by atoms with Crippen LogP contribution in [0.2, 0.25) is 0 Å². The maximum absolute atomic E-state index is 11.9. The monoisotopic (exact) mass is 272 g/mol. The molecular weight excluding hydrogens is 256 g/mol. The van der Waals surface area contributed by atoms with E-state index in [1.54, 1.807) is 43.6 Å². The highest BCUT2D eigenvalue weighted by atomic mass is 16.5. The molecule has 1 aromatic carbocycles. The Morgan fingerprint density at radius 3 is 2.75 bits per heavy atom. The SMILES string of the molecule is CCOC(=O)c1ccccc1NC(=O)Cc1cc[nH]c1. The van der Waals surface area contributed by atoms with Crippen LogP contribution < -0.4 is 5.32 Å². The normalized spacial score (nSPS) is 10.1. The van der Waals surface area contributed by atoms with Crippen molar-refractivity contribution >= 4 is 17.6 Å². The first-order chi connectivity index (χ1) is 9.70. The Hall–Kier alpha value is -2.56. The summed E-state index contributed by atoms with van der Waals surface area (Å²) in [6, 6.07) is 8.63. The number of benzene rings is 1. The minimum Gasteiger partial charge on any atom is -0.462 e. The second-order valence-corrected chi connectivity index (χ2v) is 4.21. The van der Waals surface area contributed by atoms with Crippen molar-refractivity contribution in [3.63, 3.8) is 0 Å². The van der Waals surface area contributed by atoms with Gasteiger partial charge in [-0.25, -0.2) is 4.79 Å². The Kier molecular flexibility index (Phi) is 4.55.